The third-order valence-electron chi connectivity index (χ3n) is 2.86. The van der Waals surface area contributed by atoms with Crippen LogP contribution in [0.4, 0.5) is 0 Å². The maximum absolute atomic E-state index is 11.0. The van der Waals surface area contributed by atoms with Gasteiger partial charge in [-0.1, -0.05) is 39.3 Å². The van der Waals surface area contributed by atoms with Crippen LogP contribution in [0.3, 0.4) is 0 Å². The Bertz CT molecular complexity index is 393. The third kappa shape index (κ3) is 3.47. The van der Waals surface area contributed by atoms with E-state index in [1.54, 1.807) is 0 Å². The summed E-state index contributed by atoms with van der Waals surface area (Å²) in [4.78, 5) is 11.0. The van der Waals surface area contributed by atoms with Crippen molar-refractivity contribution in [2.24, 2.45) is 0 Å². The van der Waals surface area contributed by atoms with E-state index < -0.39 is 5.97 Å². The molecular formula is C14H19ClO2. The minimum atomic E-state index is -0.795. The fraction of sp³-hybridized carbons (Fsp3) is 0.500. The maximum atomic E-state index is 11.0. The van der Waals surface area contributed by atoms with Gasteiger partial charge in [0.1, 0.15) is 0 Å². The van der Waals surface area contributed by atoms with Gasteiger partial charge in [-0.3, -0.25) is 4.79 Å². The lowest BCUT2D eigenvalue weighted by molar-refractivity contribution is -0.136. The Hall–Kier alpha value is -1.02. The zero-order valence-electron chi connectivity index (χ0n) is 10.7. The van der Waals surface area contributed by atoms with E-state index in [1.165, 1.54) is 0 Å². The average molecular weight is 255 g/mol. The van der Waals surface area contributed by atoms with Gasteiger partial charge < -0.3 is 5.11 Å². The first-order chi connectivity index (χ1) is 7.82. The summed E-state index contributed by atoms with van der Waals surface area (Å²) < 4.78 is 0. The van der Waals surface area contributed by atoms with Gasteiger partial charge >= 0.3 is 5.97 Å². The van der Waals surface area contributed by atoms with Crippen LogP contribution < -0.4 is 0 Å². The average Bonchev–Trinajstić information content (AvgIpc) is 2.18. The standard InChI is InChI=1S/C14H19ClO2/c1-8(2)11-5-10(15)6-12(9(3)4)13(11)7-14(16)17/h5-6,8-9H,7H2,1-4H3,(H,16,17). The summed E-state index contributed by atoms with van der Waals surface area (Å²) in [5.41, 5.74) is 3.01. The van der Waals surface area contributed by atoms with Gasteiger partial charge in [0.2, 0.25) is 0 Å². The van der Waals surface area contributed by atoms with Crippen molar-refractivity contribution in [2.75, 3.05) is 0 Å². The molecule has 94 valence electrons. The van der Waals surface area contributed by atoms with E-state index in [1.807, 2.05) is 12.1 Å². The van der Waals surface area contributed by atoms with Crippen LogP contribution in [0, 0.1) is 0 Å². The Morgan fingerprint density at radius 2 is 1.59 bits per heavy atom. The summed E-state index contributed by atoms with van der Waals surface area (Å²) in [5, 5.41) is 9.70. The Balaban J connectivity index is 3.41. The van der Waals surface area contributed by atoms with E-state index in [-0.39, 0.29) is 18.3 Å². The predicted molar refractivity (Wildman–Crippen MR) is 71.0 cm³/mol. The molecular weight excluding hydrogens is 236 g/mol. The molecule has 0 heterocycles. The lowest BCUT2D eigenvalue weighted by atomic mass is 9.87. The van der Waals surface area contributed by atoms with Crippen LogP contribution in [0.5, 0.6) is 0 Å². The SMILES string of the molecule is CC(C)c1cc(Cl)cc(C(C)C)c1CC(=O)O. The molecule has 0 unspecified atom stereocenters. The highest BCUT2D eigenvalue weighted by Crippen LogP contribution is 2.31. The second kappa shape index (κ2) is 5.54. The zero-order valence-corrected chi connectivity index (χ0v) is 11.5. The second-order valence-corrected chi connectivity index (χ2v) is 5.38. The Morgan fingerprint density at radius 1 is 1.18 bits per heavy atom. The van der Waals surface area contributed by atoms with Crippen molar-refractivity contribution in [1.82, 2.24) is 0 Å². The van der Waals surface area contributed by atoms with E-state index in [9.17, 15) is 4.79 Å². The van der Waals surface area contributed by atoms with Gasteiger partial charge in [-0.25, -0.2) is 0 Å². The molecule has 0 radical (unpaired) electrons. The zero-order chi connectivity index (χ0) is 13.2. The smallest absolute Gasteiger partial charge is 0.307 e. The molecule has 0 aliphatic heterocycles. The highest BCUT2D eigenvalue weighted by atomic mass is 35.5. The molecule has 3 heteroatoms. The van der Waals surface area contributed by atoms with Crippen molar-refractivity contribution in [3.63, 3.8) is 0 Å². The van der Waals surface area contributed by atoms with Crippen molar-refractivity contribution < 1.29 is 9.90 Å². The van der Waals surface area contributed by atoms with Crippen molar-refractivity contribution >= 4 is 17.6 Å². The normalized spacial score (nSPS) is 11.2. The molecule has 1 rings (SSSR count). The molecule has 0 fully saturated rings. The first kappa shape index (κ1) is 14.0. The minimum Gasteiger partial charge on any atom is -0.481 e. The summed E-state index contributed by atoms with van der Waals surface area (Å²) in [6.45, 7) is 8.23. The van der Waals surface area contributed by atoms with Crippen LogP contribution >= 0.6 is 11.6 Å². The number of hydrogen-bond acceptors (Lipinski definition) is 1. The maximum Gasteiger partial charge on any atom is 0.307 e. The molecule has 2 nitrogen and oxygen atoms in total. The Labute approximate surface area is 108 Å². The van der Waals surface area contributed by atoms with Gasteiger partial charge in [0, 0.05) is 5.02 Å². The van der Waals surface area contributed by atoms with E-state index in [4.69, 9.17) is 16.7 Å². The van der Waals surface area contributed by atoms with Crippen LogP contribution in [-0.2, 0) is 11.2 Å². The molecule has 0 aromatic heterocycles. The highest BCUT2D eigenvalue weighted by molar-refractivity contribution is 6.30. The molecule has 0 amide bonds. The van der Waals surface area contributed by atoms with E-state index in [2.05, 4.69) is 27.7 Å². The van der Waals surface area contributed by atoms with Gasteiger partial charge in [-0.2, -0.15) is 0 Å². The third-order valence-corrected chi connectivity index (χ3v) is 3.07. The number of aliphatic carboxylic acids is 1. The first-order valence-corrected chi connectivity index (χ1v) is 6.24. The molecule has 17 heavy (non-hydrogen) atoms. The van der Waals surface area contributed by atoms with Gasteiger partial charge in [0.15, 0.2) is 0 Å². The quantitative estimate of drug-likeness (QED) is 0.874. The fourth-order valence-electron chi connectivity index (χ4n) is 2.07. The number of benzene rings is 1. The summed E-state index contributed by atoms with van der Waals surface area (Å²) in [7, 11) is 0. The highest BCUT2D eigenvalue weighted by Gasteiger charge is 2.17. The van der Waals surface area contributed by atoms with Crippen molar-refractivity contribution in [2.45, 2.75) is 46.0 Å². The topological polar surface area (TPSA) is 37.3 Å². The molecule has 0 bridgehead atoms. The molecule has 0 atom stereocenters. The first-order valence-electron chi connectivity index (χ1n) is 5.87. The summed E-state index contributed by atoms with van der Waals surface area (Å²) in [5.74, 6) is -0.239. The number of carbonyl (C=O) groups is 1. The number of rotatable bonds is 4. The van der Waals surface area contributed by atoms with E-state index in [0.717, 1.165) is 16.7 Å². The fourth-order valence-corrected chi connectivity index (χ4v) is 2.30. The summed E-state index contributed by atoms with van der Waals surface area (Å²) in [6.07, 6.45) is 0.0677. The lowest BCUT2D eigenvalue weighted by Crippen LogP contribution is -2.09. The number of carboxylic acids is 1. The van der Waals surface area contributed by atoms with Crippen LogP contribution in [0.15, 0.2) is 12.1 Å². The summed E-state index contributed by atoms with van der Waals surface area (Å²) >= 11 is 6.10. The van der Waals surface area contributed by atoms with E-state index >= 15 is 0 Å². The van der Waals surface area contributed by atoms with Gasteiger partial charge in [0.25, 0.3) is 0 Å². The van der Waals surface area contributed by atoms with Gasteiger partial charge in [-0.15, -0.1) is 0 Å². The van der Waals surface area contributed by atoms with Crippen LogP contribution in [0.25, 0.3) is 0 Å². The molecule has 1 aromatic carbocycles. The van der Waals surface area contributed by atoms with Crippen LogP contribution in [0.2, 0.25) is 5.02 Å². The van der Waals surface area contributed by atoms with Crippen LogP contribution in [0.1, 0.15) is 56.2 Å². The number of carboxylic acid groups (broad SMARTS) is 1. The number of hydrogen-bond donors (Lipinski definition) is 1. The monoisotopic (exact) mass is 254 g/mol. The van der Waals surface area contributed by atoms with Crippen LogP contribution in [-0.4, -0.2) is 11.1 Å². The molecule has 1 aromatic rings. The second-order valence-electron chi connectivity index (χ2n) is 4.94. The van der Waals surface area contributed by atoms with Gasteiger partial charge in [0.05, 0.1) is 6.42 Å². The molecule has 1 N–H and O–H groups in total. The molecule has 0 aliphatic rings. The Kier molecular flexibility index (Phi) is 4.58. The Morgan fingerprint density at radius 3 is 1.88 bits per heavy atom. The lowest BCUT2D eigenvalue weighted by Gasteiger charge is -2.19. The molecule has 0 aliphatic carbocycles. The van der Waals surface area contributed by atoms with E-state index in [0.29, 0.717) is 5.02 Å². The van der Waals surface area contributed by atoms with Crippen molar-refractivity contribution in [3.8, 4) is 0 Å². The summed E-state index contributed by atoms with van der Waals surface area (Å²) in [6, 6.07) is 3.77. The number of halogens is 1. The molecule has 0 spiro atoms. The molecule has 0 saturated carbocycles. The minimum absolute atomic E-state index is 0.0677. The van der Waals surface area contributed by atoms with Crippen molar-refractivity contribution in [1.29, 1.82) is 0 Å². The molecule has 0 saturated heterocycles. The van der Waals surface area contributed by atoms with Crippen molar-refractivity contribution in [3.05, 3.63) is 33.8 Å². The van der Waals surface area contributed by atoms with Gasteiger partial charge in [-0.05, 0) is 40.7 Å². The predicted octanol–water partition coefficient (Wildman–Crippen LogP) is 4.21. The largest absolute Gasteiger partial charge is 0.481 e.